The van der Waals surface area contributed by atoms with Gasteiger partial charge in [0.1, 0.15) is 0 Å². The number of aliphatic hydroxyl groups excluding tert-OH is 1. The molecule has 0 saturated carbocycles. The first kappa shape index (κ1) is 18.4. The lowest BCUT2D eigenvalue weighted by Gasteiger charge is -2.40. The molecule has 0 amide bonds. The van der Waals surface area contributed by atoms with Crippen molar-refractivity contribution in [3.63, 3.8) is 0 Å². The predicted molar refractivity (Wildman–Crippen MR) is 88.5 cm³/mol. The maximum atomic E-state index is 8.81. The van der Waals surface area contributed by atoms with Gasteiger partial charge in [0.25, 0.3) is 0 Å². The maximum absolute atomic E-state index is 8.81. The molecular weight excluding hydrogens is 318 g/mol. The van der Waals surface area contributed by atoms with Gasteiger partial charge in [-0.3, -0.25) is 0 Å². The van der Waals surface area contributed by atoms with Crippen molar-refractivity contribution in [3.05, 3.63) is 0 Å². The summed E-state index contributed by atoms with van der Waals surface area (Å²) in [5.41, 5.74) is 0.447. The van der Waals surface area contributed by atoms with Crippen molar-refractivity contribution in [2.24, 2.45) is 5.41 Å². The van der Waals surface area contributed by atoms with Gasteiger partial charge in [0, 0.05) is 25.0 Å². The van der Waals surface area contributed by atoms with E-state index in [-0.39, 0.29) is 6.61 Å². The fourth-order valence-electron chi connectivity index (χ4n) is 3.45. The monoisotopic (exact) mass is 349 g/mol. The minimum absolute atomic E-state index is 0.139. The number of halogens is 1. The molecule has 1 N–H and O–H groups in total. The van der Waals surface area contributed by atoms with E-state index in [1.54, 1.807) is 0 Å². The molecule has 0 atom stereocenters. The van der Waals surface area contributed by atoms with Crippen molar-refractivity contribution in [2.45, 2.75) is 58.5 Å². The van der Waals surface area contributed by atoms with Crippen LogP contribution in [-0.2, 0) is 4.74 Å². The average Bonchev–Trinajstić information content (AvgIpc) is 2.47. The molecule has 20 heavy (non-hydrogen) atoms. The normalized spacial score (nSPS) is 18.6. The fourth-order valence-corrected chi connectivity index (χ4v) is 4.19. The van der Waals surface area contributed by atoms with Gasteiger partial charge in [-0.15, -0.1) is 0 Å². The molecule has 0 aromatic heterocycles. The quantitative estimate of drug-likeness (QED) is 0.613. The number of nitrogens with zero attached hydrogens (tertiary/aromatic N) is 1. The first-order valence-electron chi connectivity index (χ1n) is 8.20. The van der Waals surface area contributed by atoms with Gasteiger partial charge in [-0.25, -0.2) is 0 Å². The Morgan fingerprint density at radius 3 is 2.25 bits per heavy atom. The van der Waals surface area contributed by atoms with E-state index < -0.39 is 0 Å². The van der Waals surface area contributed by atoms with Gasteiger partial charge in [0.05, 0.1) is 19.3 Å². The summed E-state index contributed by atoms with van der Waals surface area (Å²) in [6.07, 6.45) is 7.73. The Morgan fingerprint density at radius 2 is 1.80 bits per heavy atom. The van der Waals surface area contributed by atoms with E-state index in [1.165, 1.54) is 32.2 Å². The molecule has 1 aliphatic heterocycles. The van der Waals surface area contributed by atoms with Crippen LogP contribution in [0.25, 0.3) is 0 Å². The Labute approximate surface area is 133 Å². The smallest absolute Gasteiger partial charge is 0.0701 e. The molecule has 4 heteroatoms. The van der Waals surface area contributed by atoms with E-state index in [0.29, 0.717) is 18.1 Å². The van der Waals surface area contributed by atoms with Gasteiger partial charge < -0.3 is 14.7 Å². The van der Waals surface area contributed by atoms with Gasteiger partial charge in [-0.2, -0.15) is 0 Å². The summed E-state index contributed by atoms with van der Waals surface area (Å²) in [6.45, 7) is 8.70. The summed E-state index contributed by atoms with van der Waals surface area (Å²) in [6, 6.07) is 0. The van der Waals surface area contributed by atoms with Crippen LogP contribution in [0.15, 0.2) is 0 Å². The molecule has 1 saturated heterocycles. The molecule has 1 rings (SSSR count). The van der Waals surface area contributed by atoms with Gasteiger partial charge in [0.2, 0.25) is 0 Å². The number of rotatable bonds is 10. The van der Waals surface area contributed by atoms with Crippen LogP contribution in [-0.4, -0.2) is 54.3 Å². The van der Waals surface area contributed by atoms with Gasteiger partial charge in [-0.1, -0.05) is 42.6 Å². The summed E-state index contributed by atoms with van der Waals surface area (Å²) in [5.74, 6) is 0. The van der Waals surface area contributed by atoms with Crippen molar-refractivity contribution in [1.29, 1.82) is 0 Å². The summed E-state index contributed by atoms with van der Waals surface area (Å²) in [5, 5.41) is 9.92. The Kier molecular flexibility index (Phi) is 9.34. The molecule has 0 bridgehead atoms. The minimum atomic E-state index is 0.139. The van der Waals surface area contributed by atoms with E-state index in [1.807, 2.05) is 0 Å². The molecule has 1 heterocycles. The number of hydrogen-bond donors (Lipinski definition) is 1. The van der Waals surface area contributed by atoms with Gasteiger partial charge in [-0.05, 0) is 31.1 Å². The zero-order chi connectivity index (χ0) is 14.8. The largest absolute Gasteiger partial charge is 0.394 e. The topological polar surface area (TPSA) is 32.7 Å². The first-order chi connectivity index (χ1) is 9.69. The van der Waals surface area contributed by atoms with E-state index in [2.05, 4.69) is 34.7 Å². The maximum Gasteiger partial charge on any atom is 0.0701 e. The molecule has 0 radical (unpaired) electrons. The lowest BCUT2D eigenvalue weighted by atomic mass is 9.80. The van der Waals surface area contributed by atoms with Crippen molar-refractivity contribution >= 4 is 15.9 Å². The molecule has 0 aromatic rings. The summed E-state index contributed by atoms with van der Waals surface area (Å²) in [7, 11) is 0. The average molecular weight is 350 g/mol. The van der Waals surface area contributed by atoms with E-state index in [0.717, 1.165) is 31.3 Å². The Morgan fingerprint density at radius 1 is 1.20 bits per heavy atom. The second-order valence-electron chi connectivity index (χ2n) is 6.20. The molecule has 0 aliphatic carbocycles. The number of ether oxygens (including phenoxy) is 1. The van der Waals surface area contributed by atoms with Crippen molar-refractivity contribution in [1.82, 2.24) is 4.90 Å². The zero-order valence-electron chi connectivity index (χ0n) is 13.2. The van der Waals surface area contributed by atoms with Gasteiger partial charge in [0.15, 0.2) is 0 Å². The standard InChI is InChI=1S/C16H32BrNO2/c1-3-7-16(13-17,8-4-2)14-18-9-5-15(6-10-18)20-12-11-19/h15,19H,3-14H2,1-2H3. The van der Waals surface area contributed by atoms with Crippen LogP contribution in [0.5, 0.6) is 0 Å². The van der Waals surface area contributed by atoms with Crippen LogP contribution < -0.4 is 0 Å². The Hall–Kier alpha value is 0.360. The number of aliphatic hydroxyl groups is 1. The van der Waals surface area contributed by atoms with Crippen molar-refractivity contribution in [3.8, 4) is 0 Å². The lowest BCUT2D eigenvalue weighted by Crippen LogP contribution is -2.44. The van der Waals surface area contributed by atoms with Crippen LogP contribution in [0.1, 0.15) is 52.4 Å². The van der Waals surface area contributed by atoms with Crippen LogP contribution in [0.4, 0.5) is 0 Å². The predicted octanol–water partition coefficient (Wildman–Crippen LogP) is 3.44. The van der Waals surface area contributed by atoms with Crippen LogP contribution in [0, 0.1) is 5.41 Å². The third-order valence-electron chi connectivity index (χ3n) is 4.38. The van der Waals surface area contributed by atoms with Crippen molar-refractivity contribution in [2.75, 3.05) is 38.2 Å². The fraction of sp³-hybridized carbons (Fsp3) is 1.00. The highest BCUT2D eigenvalue weighted by molar-refractivity contribution is 9.09. The molecule has 120 valence electrons. The molecular formula is C16H32BrNO2. The Balaban J connectivity index is 2.42. The highest BCUT2D eigenvalue weighted by Gasteiger charge is 2.31. The third-order valence-corrected chi connectivity index (χ3v) is 5.57. The number of likely N-dealkylation sites (tertiary alicyclic amines) is 1. The van der Waals surface area contributed by atoms with Crippen molar-refractivity contribution < 1.29 is 9.84 Å². The molecule has 0 unspecified atom stereocenters. The lowest BCUT2D eigenvalue weighted by molar-refractivity contribution is -0.0146. The molecule has 0 aromatic carbocycles. The van der Waals surface area contributed by atoms with Crippen LogP contribution in [0.3, 0.4) is 0 Å². The Bertz CT molecular complexity index is 237. The SMILES string of the molecule is CCCC(CBr)(CCC)CN1CCC(OCCO)CC1. The molecule has 3 nitrogen and oxygen atoms in total. The van der Waals surface area contributed by atoms with E-state index in [4.69, 9.17) is 9.84 Å². The van der Waals surface area contributed by atoms with Gasteiger partial charge >= 0.3 is 0 Å². The summed E-state index contributed by atoms with van der Waals surface area (Å²) >= 11 is 3.77. The first-order valence-corrected chi connectivity index (χ1v) is 9.32. The summed E-state index contributed by atoms with van der Waals surface area (Å²) in [4.78, 5) is 2.62. The number of alkyl halides is 1. The van der Waals surface area contributed by atoms with E-state index >= 15 is 0 Å². The zero-order valence-corrected chi connectivity index (χ0v) is 14.8. The minimum Gasteiger partial charge on any atom is -0.394 e. The number of piperidine rings is 1. The highest BCUT2D eigenvalue weighted by atomic mass is 79.9. The van der Waals surface area contributed by atoms with Crippen LogP contribution >= 0.6 is 15.9 Å². The molecule has 0 spiro atoms. The number of hydrogen-bond acceptors (Lipinski definition) is 3. The summed E-state index contributed by atoms with van der Waals surface area (Å²) < 4.78 is 5.65. The molecule has 1 aliphatic rings. The van der Waals surface area contributed by atoms with Crippen LogP contribution in [0.2, 0.25) is 0 Å². The molecule has 1 fully saturated rings. The third kappa shape index (κ3) is 6.00. The second-order valence-corrected chi connectivity index (χ2v) is 6.76. The van der Waals surface area contributed by atoms with E-state index in [9.17, 15) is 0 Å². The second kappa shape index (κ2) is 10.1. The highest BCUT2D eigenvalue weighted by Crippen LogP contribution is 2.34.